The van der Waals surface area contributed by atoms with Crippen molar-refractivity contribution in [3.63, 3.8) is 0 Å². The molecule has 1 N–H and O–H groups in total. The largest absolute Gasteiger partial charge is 0.382 e. The third-order valence-corrected chi connectivity index (χ3v) is 3.16. The van der Waals surface area contributed by atoms with Gasteiger partial charge >= 0.3 is 0 Å². The van der Waals surface area contributed by atoms with Gasteiger partial charge in [-0.2, -0.15) is 0 Å². The van der Waals surface area contributed by atoms with Crippen LogP contribution < -0.4 is 5.32 Å². The van der Waals surface area contributed by atoms with E-state index in [1.807, 2.05) is 18.2 Å². The van der Waals surface area contributed by atoms with Crippen LogP contribution in [0.25, 0.3) is 0 Å². The first kappa shape index (κ1) is 14.6. The van der Waals surface area contributed by atoms with Crippen molar-refractivity contribution >= 4 is 15.9 Å². The summed E-state index contributed by atoms with van der Waals surface area (Å²) >= 11 is 3.56. The summed E-state index contributed by atoms with van der Waals surface area (Å²) in [4.78, 5) is 0. The number of likely N-dealkylation sites (N-methyl/N-ethyl adjacent to an activating group) is 1. The summed E-state index contributed by atoms with van der Waals surface area (Å²) < 4.78 is 11.9. The van der Waals surface area contributed by atoms with E-state index >= 15 is 0 Å². The Morgan fingerprint density at radius 3 is 2.71 bits per heavy atom. The number of methoxy groups -OCH3 is 1. The Kier molecular flexibility index (Phi) is 7.44. The summed E-state index contributed by atoms with van der Waals surface area (Å²) in [6, 6.07) is 8.15. The van der Waals surface area contributed by atoms with E-state index in [9.17, 15) is 0 Å². The van der Waals surface area contributed by atoms with Crippen LogP contribution in [0.1, 0.15) is 18.6 Å². The fraction of sp³-hybridized carbons (Fsp3) is 0.538. The number of hydrogen-bond donors (Lipinski definition) is 1. The highest BCUT2D eigenvalue weighted by Gasteiger charge is 2.13. The number of rotatable bonds is 8. The lowest BCUT2D eigenvalue weighted by atomic mass is 10.1. The molecule has 3 nitrogen and oxygen atoms in total. The van der Waals surface area contributed by atoms with Crippen molar-refractivity contribution in [2.24, 2.45) is 0 Å². The lowest BCUT2D eigenvalue weighted by Crippen LogP contribution is -2.24. The Morgan fingerprint density at radius 1 is 1.29 bits per heavy atom. The van der Waals surface area contributed by atoms with Crippen LogP contribution in [0.5, 0.6) is 0 Å². The Balaban J connectivity index is 2.64. The number of hydrogen-bond acceptors (Lipinski definition) is 3. The van der Waals surface area contributed by atoms with Gasteiger partial charge in [-0.1, -0.05) is 41.1 Å². The number of ether oxygens (including phenoxy) is 2. The van der Waals surface area contributed by atoms with Gasteiger partial charge in [0.05, 0.1) is 19.3 Å². The normalized spacial score (nSPS) is 12.6. The molecular weight excluding hydrogens is 282 g/mol. The van der Waals surface area contributed by atoms with Gasteiger partial charge in [0.1, 0.15) is 0 Å². The topological polar surface area (TPSA) is 30.5 Å². The van der Waals surface area contributed by atoms with Gasteiger partial charge in [0.15, 0.2) is 0 Å². The fourth-order valence-corrected chi connectivity index (χ4v) is 2.08. The molecule has 4 heteroatoms. The molecule has 1 unspecified atom stereocenters. The van der Waals surface area contributed by atoms with E-state index in [1.54, 1.807) is 7.11 Å². The van der Waals surface area contributed by atoms with Crippen molar-refractivity contribution in [1.29, 1.82) is 0 Å². The molecule has 1 atom stereocenters. The first-order chi connectivity index (χ1) is 8.29. The zero-order chi connectivity index (χ0) is 12.5. The molecule has 0 fully saturated rings. The zero-order valence-electron chi connectivity index (χ0n) is 10.4. The summed E-state index contributed by atoms with van der Waals surface area (Å²) in [5.74, 6) is 0. The van der Waals surface area contributed by atoms with Gasteiger partial charge in [-0.15, -0.1) is 0 Å². The first-order valence-electron chi connectivity index (χ1n) is 5.85. The highest BCUT2D eigenvalue weighted by atomic mass is 79.9. The van der Waals surface area contributed by atoms with Gasteiger partial charge in [-0.3, -0.25) is 0 Å². The van der Waals surface area contributed by atoms with E-state index in [1.165, 1.54) is 5.56 Å². The number of nitrogens with one attached hydrogen (secondary N) is 1. The molecule has 0 aliphatic rings. The van der Waals surface area contributed by atoms with Crippen LogP contribution in [0.3, 0.4) is 0 Å². The predicted octanol–water partition coefficient (Wildman–Crippen LogP) is 2.76. The summed E-state index contributed by atoms with van der Waals surface area (Å²) in [5, 5.41) is 3.31. The lowest BCUT2D eigenvalue weighted by Gasteiger charge is -2.19. The third-order valence-electron chi connectivity index (χ3n) is 2.44. The first-order valence-corrected chi connectivity index (χ1v) is 6.64. The molecule has 0 saturated carbocycles. The maximum absolute atomic E-state index is 5.83. The van der Waals surface area contributed by atoms with E-state index in [2.05, 4.69) is 34.2 Å². The van der Waals surface area contributed by atoms with Crippen molar-refractivity contribution in [1.82, 2.24) is 5.32 Å². The second kappa shape index (κ2) is 8.64. The monoisotopic (exact) mass is 301 g/mol. The highest BCUT2D eigenvalue weighted by molar-refractivity contribution is 9.10. The minimum atomic E-state index is 0.0562. The van der Waals surface area contributed by atoms with Crippen LogP contribution in [-0.2, 0) is 9.47 Å². The SMILES string of the molecule is CCNCC(OCCOC)c1ccccc1Br. The number of halogens is 1. The van der Waals surface area contributed by atoms with Gasteiger partial charge < -0.3 is 14.8 Å². The van der Waals surface area contributed by atoms with E-state index in [4.69, 9.17) is 9.47 Å². The van der Waals surface area contributed by atoms with Crippen molar-refractivity contribution in [2.45, 2.75) is 13.0 Å². The van der Waals surface area contributed by atoms with Gasteiger partial charge in [-0.25, -0.2) is 0 Å². The second-order valence-electron chi connectivity index (χ2n) is 3.68. The Labute approximate surface area is 112 Å². The molecule has 1 aromatic rings. The van der Waals surface area contributed by atoms with Gasteiger partial charge in [0.2, 0.25) is 0 Å². The van der Waals surface area contributed by atoms with Crippen LogP contribution in [0.2, 0.25) is 0 Å². The van der Waals surface area contributed by atoms with Gasteiger partial charge in [0.25, 0.3) is 0 Å². The third kappa shape index (κ3) is 5.17. The zero-order valence-corrected chi connectivity index (χ0v) is 12.0. The van der Waals surface area contributed by atoms with Crippen molar-refractivity contribution < 1.29 is 9.47 Å². The molecule has 1 rings (SSSR count). The van der Waals surface area contributed by atoms with Crippen LogP contribution in [0.4, 0.5) is 0 Å². The Bertz CT molecular complexity index is 320. The molecule has 0 saturated heterocycles. The van der Waals surface area contributed by atoms with E-state index < -0.39 is 0 Å². The average molecular weight is 302 g/mol. The van der Waals surface area contributed by atoms with Crippen molar-refractivity contribution in [3.8, 4) is 0 Å². The van der Waals surface area contributed by atoms with Crippen LogP contribution >= 0.6 is 15.9 Å². The summed E-state index contributed by atoms with van der Waals surface area (Å²) in [6.07, 6.45) is 0.0562. The van der Waals surface area contributed by atoms with Gasteiger partial charge in [0, 0.05) is 18.1 Å². The van der Waals surface area contributed by atoms with Crippen molar-refractivity contribution in [2.75, 3.05) is 33.4 Å². The highest BCUT2D eigenvalue weighted by Crippen LogP contribution is 2.25. The maximum atomic E-state index is 5.83. The molecule has 1 aromatic carbocycles. The average Bonchev–Trinajstić information content (AvgIpc) is 2.35. The lowest BCUT2D eigenvalue weighted by molar-refractivity contribution is 0.0165. The Hall–Kier alpha value is -0.420. The fourth-order valence-electron chi connectivity index (χ4n) is 1.54. The standard InChI is InChI=1S/C13H20BrNO2/c1-3-15-10-13(17-9-8-16-2)11-6-4-5-7-12(11)14/h4-7,13,15H,3,8-10H2,1-2H3. The molecule has 0 spiro atoms. The molecule has 0 radical (unpaired) electrons. The molecule has 0 aliphatic carbocycles. The number of benzene rings is 1. The van der Waals surface area contributed by atoms with Crippen LogP contribution in [0.15, 0.2) is 28.7 Å². The van der Waals surface area contributed by atoms with E-state index in [-0.39, 0.29) is 6.10 Å². The Morgan fingerprint density at radius 2 is 2.06 bits per heavy atom. The molecule has 17 heavy (non-hydrogen) atoms. The summed E-state index contributed by atoms with van der Waals surface area (Å²) in [6.45, 7) is 5.06. The molecule has 0 bridgehead atoms. The second-order valence-corrected chi connectivity index (χ2v) is 4.54. The molecule has 0 heterocycles. The summed E-state index contributed by atoms with van der Waals surface area (Å²) in [5.41, 5.74) is 1.17. The maximum Gasteiger partial charge on any atom is 0.0961 e. The predicted molar refractivity (Wildman–Crippen MR) is 73.3 cm³/mol. The van der Waals surface area contributed by atoms with Gasteiger partial charge in [-0.05, 0) is 18.2 Å². The van der Waals surface area contributed by atoms with Crippen LogP contribution in [-0.4, -0.2) is 33.4 Å². The molecular formula is C13H20BrNO2. The van der Waals surface area contributed by atoms with Crippen LogP contribution in [0, 0.1) is 0 Å². The molecule has 0 amide bonds. The molecule has 96 valence electrons. The van der Waals surface area contributed by atoms with E-state index in [0.717, 1.165) is 17.6 Å². The smallest absolute Gasteiger partial charge is 0.0961 e. The summed E-state index contributed by atoms with van der Waals surface area (Å²) in [7, 11) is 1.68. The minimum Gasteiger partial charge on any atom is -0.382 e. The minimum absolute atomic E-state index is 0.0562. The quantitative estimate of drug-likeness (QED) is 0.749. The molecule has 0 aromatic heterocycles. The molecule has 0 aliphatic heterocycles. The van der Waals surface area contributed by atoms with Crippen molar-refractivity contribution in [3.05, 3.63) is 34.3 Å². The van der Waals surface area contributed by atoms with E-state index in [0.29, 0.717) is 13.2 Å².